The highest BCUT2D eigenvalue weighted by molar-refractivity contribution is 7.89. The molecular weight excluding hydrogens is 306 g/mol. The molecule has 0 aliphatic rings. The molecule has 0 fully saturated rings. The molecule has 0 atom stereocenters. The Bertz CT molecular complexity index is 726. The number of amides is 2. The van der Waals surface area contributed by atoms with Crippen molar-refractivity contribution in [1.82, 2.24) is 15.4 Å². The van der Waals surface area contributed by atoms with Crippen molar-refractivity contribution in [2.45, 2.75) is 18.0 Å². The Hall–Kier alpha value is -2.32. The third kappa shape index (κ3) is 4.34. The minimum Gasteiger partial charge on any atom is -0.467 e. The van der Waals surface area contributed by atoms with Gasteiger partial charge in [-0.25, -0.2) is 17.9 Å². The van der Waals surface area contributed by atoms with Crippen molar-refractivity contribution in [2.24, 2.45) is 0 Å². The van der Waals surface area contributed by atoms with E-state index in [-0.39, 0.29) is 24.0 Å². The van der Waals surface area contributed by atoms with Crippen molar-refractivity contribution in [3.63, 3.8) is 0 Å². The highest BCUT2D eigenvalue weighted by Gasteiger charge is 2.11. The summed E-state index contributed by atoms with van der Waals surface area (Å²) in [5.74, 6) is 0.650. The summed E-state index contributed by atoms with van der Waals surface area (Å²) in [5, 5.41) is 5.29. The minimum atomic E-state index is -3.49. The standard InChI is InChI=1S/C14H17N3O4S/c1-15-22(19,20)13-6-2-4-11(8-13)9-16-14(18)17-10-12-5-3-7-21-12/h2-8,15H,9-10H2,1H3,(H2,16,17,18). The molecule has 0 unspecified atom stereocenters. The first kappa shape index (κ1) is 16.1. The lowest BCUT2D eigenvalue weighted by molar-refractivity contribution is 0.239. The molecule has 0 saturated heterocycles. The summed E-state index contributed by atoms with van der Waals surface area (Å²) in [4.78, 5) is 11.8. The summed E-state index contributed by atoms with van der Waals surface area (Å²) in [7, 11) is -2.14. The lowest BCUT2D eigenvalue weighted by Crippen LogP contribution is -2.34. The number of urea groups is 1. The third-order valence-electron chi connectivity index (χ3n) is 2.93. The van der Waals surface area contributed by atoms with E-state index in [0.717, 1.165) is 0 Å². The Morgan fingerprint density at radius 2 is 1.91 bits per heavy atom. The Morgan fingerprint density at radius 3 is 2.59 bits per heavy atom. The molecule has 3 N–H and O–H groups in total. The molecule has 0 saturated carbocycles. The van der Waals surface area contributed by atoms with Crippen LogP contribution in [0.25, 0.3) is 0 Å². The zero-order valence-electron chi connectivity index (χ0n) is 12.0. The van der Waals surface area contributed by atoms with Crippen LogP contribution in [0.1, 0.15) is 11.3 Å². The second-order valence-corrected chi connectivity index (χ2v) is 6.36. The van der Waals surface area contributed by atoms with Crippen molar-refractivity contribution < 1.29 is 17.6 Å². The van der Waals surface area contributed by atoms with Gasteiger partial charge < -0.3 is 15.1 Å². The van der Waals surface area contributed by atoms with Crippen molar-refractivity contribution >= 4 is 16.1 Å². The van der Waals surface area contributed by atoms with Gasteiger partial charge in [-0.3, -0.25) is 0 Å². The molecule has 0 spiro atoms. The van der Waals surface area contributed by atoms with Crippen LogP contribution in [-0.4, -0.2) is 21.5 Å². The highest BCUT2D eigenvalue weighted by atomic mass is 32.2. The number of nitrogens with one attached hydrogen (secondary N) is 3. The fourth-order valence-corrected chi connectivity index (χ4v) is 2.57. The van der Waals surface area contributed by atoms with Gasteiger partial charge in [0.15, 0.2) is 0 Å². The summed E-state index contributed by atoms with van der Waals surface area (Å²) in [6.45, 7) is 0.504. The van der Waals surface area contributed by atoms with Gasteiger partial charge >= 0.3 is 6.03 Å². The van der Waals surface area contributed by atoms with Gasteiger partial charge in [-0.05, 0) is 36.9 Å². The number of carbonyl (C=O) groups excluding carboxylic acids is 1. The number of benzene rings is 1. The van der Waals surface area contributed by atoms with Gasteiger partial charge in [0.25, 0.3) is 0 Å². The Labute approximate surface area is 128 Å². The topological polar surface area (TPSA) is 100 Å². The lowest BCUT2D eigenvalue weighted by atomic mass is 10.2. The minimum absolute atomic E-state index is 0.158. The first-order valence-corrected chi connectivity index (χ1v) is 8.06. The lowest BCUT2D eigenvalue weighted by Gasteiger charge is -2.08. The van der Waals surface area contributed by atoms with Crippen LogP contribution in [0.5, 0.6) is 0 Å². The van der Waals surface area contributed by atoms with Crippen LogP contribution in [-0.2, 0) is 23.1 Å². The van der Waals surface area contributed by atoms with E-state index >= 15 is 0 Å². The van der Waals surface area contributed by atoms with Crippen LogP contribution >= 0.6 is 0 Å². The maximum absolute atomic E-state index is 11.7. The summed E-state index contributed by atoms with van der Waals surface area (Å²) in [5.41, 5.74) is 0.685. The van der Waals surface area contributed by atoms with Crippen molar-refractivity contribution in [2.75, 3.05) is 7.05 Å². The fourth-order valence-electron chi connectivity index (χ4n) is 1.77. The smallest absolute Gasteiger partial charge is 0.315 e. The Balaban J connectivity index is 1.89. The number of sulfonamides is 1. The second kappa shape index (κ2) is 7.10. The van der Waals surface area contributed by atoms with Crippen molar-refractivity contribution in [3.05, 3.63) is 54.0 Å². The Kier molecular flexibility index (Phi) is 5.18. The molecule has 1 aromatic carbocycles. The molecule has 1 aromatic heterocycles. The zero-order chi connectivity index (χ0) is 16.0. The summed E-state index contributed by atoms with van der Waals surface area (Å²) in [6.07, 6.45) is 1.53. The van der Waals surface area contributed by atoms with Gasteiger partial charge in [-0.2, -0.15) is 0 Å². The molecule has 22 heavy (non-hydrogen) atoms. The summed E-state index contributed by atoms with van der Waals surface area (Å²) >= 11 is 0. The average Bonchev–Trinajstić information content (AvgIpc) is 3.04. The molecule has 2 aromatic rings. The van der Waals surface area contributed by atoms with E-state index in [0.29, 0.717) is 11.3 Å². The van der Waals surface area contributed by atoms with Gasteiger partial charge in [0.1, 0.15) is 5.76 Å². The first-order valence-electron chi connectivity index (χ1n) is 6.58. The zero-order valence-corrected chi connectivity index (χ0v) is 12.8. The largest absolute Gasteiger partial charge is 0.467 e. The molecule has 8 heteroatoms. The number of carbonyl (C=O) groups is 1. The van der Waals surface area contributed by atoms with E-state index in [1.54, 1.807) is 24.3 Å². The van der Waals surface area contributed by atoms with Crippen LogP contribution in [0.15, 0.2) is 52.0 Å². The maximum atomic E-state index is 11.7. The van der Waals surface area contributed by atoms with Crippen LogP contribution in [0.4, 0.5) is 4.79 Å². The van der Waals surface area contributed by atoms with Gasteiger partial charge in [0.05, 0.1) is 17.7 Å². The quantitative estimate of drug-likeness (QED) is 0.743. The molecule has 0 aliphatic carbocycles. The molecule has 7 nitrogen and oxygen atoms in total. The fraction of sp³-hybridized carbons (Fsp3) is 0.214. The van der Waals surface area contributed by atoms with E-state index < -0.39 is 10.0 Å². The van der Waals surface area contributed by atoms with Gasteiger partial charge in [0, 0.05) is 6.54 Å². The monoisotopic (exact) mass is 323 g/mol. The van der Waals surface area contributed by atoms with Crippen LogP contribution in [0, 0.1) is 0 Å². The average molecular weight is 323 g/mol. The molecule has 0 bridgehead atoms. The molecule has 2 amide bonds. The molecule has 2 rings (SSSR count). The van der Waals surface area contributed by atoms with E-state index in [1.807, 2.05) is 0 Å². The van der Waals surface area contributed by atoms with E-state index in [4.69, 9.17) is 4.42 Å². The van der Waals surface area contributed by atoms with Crippen molar-refractivity contribution in [3.8, 4) is 0 Å². The highest BCUT2D eigenvalue weighted by Crippen LogP contribution is 2.10. The molecule has 118 valence electrons. The van der Waals surface area contributed by atoms with E-state index in [1.165, 1.54) is 25.4 Å². The predicted molar refractivity (Wildman–Crippen MR) is 80.5 cm³/mol. The van der Waals surface area contributed by atoms with Gasteiger partial charge in [0.2, 0.25) is 10.0 Å². The van der Waals surface area contributed by atoms with Gasteiger partial charge in [-0.15, -0.1) is 0 Å². The van der Waals surface area contributed by atoms with Crippen LogP contribution in [0.3, 0.4) is 0 Å². The number of furan rings is 1. The number of hydrogen-bond acceptors (Lipinski definition) is 4. The first-order chi connectivity index (χ1) is 10.5. The molecule has 0 aliphatic heterocycles. The van der Waals surface area contributed by atoms with Crippen LogP contribution in [0.2, 0.25) is 0 Å². The van der Waals surface area contributed by atoms with E-state index in [9.17, 15) is 13.2 Å². The summed E-state index contributed by atoms with van der Waals surface area (Å²) in [6, 6.07) is 9.50. The van der Waals surface area contributed by atoms with Crippen molar-refractivity contribution in [1.29, 1.82) is 0 Å². The second-order valence-electron chi connectivity index (χ2n) is 4.47. The van der Waals surface area contributed by atoms with Crippen LogP contribution < -0.4 is 15.4 Å². The van der Waals surface area contributed by atoms with E-state index in [2.05, 4.69) is 15.4 Å². The normalized spacial score (nSPS) is 11.1. The maximum Gasteiger partial charge on any atom is 0.315 e. The number of hydrogen-bond donors (Lipinski definition) is 3. The predicted octanol–water partition coefficient (Wildman–Crippen LogP) is 1.19. The number of rotatable bonds is 6. The molecule has 0 radical (unpaired) electrons. The molecular formula is C14H17N3O4S. The summed E-state index contributed by atoms with van der Waals surface area (Å²) < 4.78 is 30.8. The molecule has 1 heterocycles. The third-order valence-corrected chi connectivity index (χ3v) is 4.35. The Morgan fingerprint density at radius 1 is 1.14 bits per heavy atom. The van der Waals surface area contributed by atoms with Gasteiger partial charge in [-0.1, -0.05) is 12.1 Å². The SMILES string of the molecule is CNS(=O)(=O)c1cccc(CNC(=O)NCc2ccco2)c1.